The van der Waals surface area contributed by atoms with Gasteiger partial charge in [-0.25, -0.2) is 0 Å². The van der Waals surface area contributed by atoms with E-state index in [9.17, 15) is 14.7 Å². The number of para-hydroxylation sites is 1. The Balaban J connectivity index is 1.21. The van der Waals surface area contributed by atoms with Gasteiger partial charge < -0.3 is 19.6 Å². The van der Waals surface area contributed by atoms with Crippen LogP contribution in [0.2, 0.25) is 0 Å². The van der Waals surface area contributed by atoms with Gasteiger partial charge in [0.15, 0.2) is 6.61 Å². The highest BCUT2D eigenvalue weighted by atomic mass is 16.5. The standard InChI is InChI=1S/C36H51N3O4/c1-2-3-21-39(34(40)27-43-32-17-11-6-12-18-32)31-19-22-37(23-20-31)24-30-25-38(26-33(30)28-13-7-4-8-14-28)35(36(41)42)29-15-9-5-10-16-29/h4,6-8,11-14,17-18,29-31,33,35H,2-3,5,9-10,15-16,19-27H2,1H3,(H,41,42)/t30-,33+,35+/m0/s1. The van der Waals surface area contributed by atoms with Gasteiger partial charge >= 0.3 is 5.97 Å². The zero-order chi connectivity index (χ0) is 30.0. The Hall–Kier alpha value is -2.90. The molecule has 7 heteroatoms. The summed E-state index contributed by atoms with van der Waals surface area (Å²) in [5.74, 6) is 1.15. The number of likely N-dealkylation sites (tertiary alicyclic amines) is 2. The summed E-state index contributed by atoms with van der Waals surface area (Å²) in [6.45, 7) is 7.58. The maximum atomic E-state index is 13.3. The van der Waals surface area contributed by atoms with E-state index < -0.39 is 5.97 Å². The zero-order valence-corrected chi connectivity index (χ0v) is 26.0. The van der Waals surface area contributed by atoms with E-state index in [1.807, 2.05) is 30.3 Å². The molecule has 234 valence electrons. The van der Waals surface area contributed by atoms with Crippen molar-refractivity contribution in [3.05, 3.63) is 66.2 Å². The molecule has 0 radical (unpaired) electrons. The average Bonchev–Trinajstić information content (AvgIpc) is 3.45. The Morgan fingerprint density at radius 2 is 1.60 bits per heavy atom. The van der Waals surface area contributed by atoms with E-state index >= 15 is 0 Å². The normalized spacial score (nSPS) is 23.2. The number of unbranched alkanes of at least 4 members (excludes halogenated alkanes) is 1. The lowest BCUT2D eigenvalue weighted by atomic mass is 9.83. The molecule has 1 saturated carbocycles. The maximum absolute atomic E-state index is 13.3. The minimum Gasteiger partial charge on any atom is -0.484 e. The predicted molar refractivity (Wildman–Crippen MR) is 170 cm³/mol. The summed E-state index contributed by atoms with van der Waals surface area (Å²) >= 11 is 0. The Morgan fingerprint density at radius 1 is 0.930 bits per heavy atom. The Kier molecular flexibility index (Phi) is 11.5. The third-order valence-corrected chi connectivity index (χ3v) is 10.1. The lowest BCUT2D eigenvalue weighted by Gasteiger charge is -2.40. The van der Waals surface area contributed by atoms with Crippen molar-refractivity contribution in [3.8, 4) is 5.75 Å². The smallest absolute Gasteiger partial charge is 0.321 e. The van der Waals surface area contributed by atoms with Crippen LogP contribution >= 0.6 is 0 Å². The van der Waals surface area contributed by atoms with Crippen LogP contribution in [-0.2, 0) is 9.59 Å². The Labute approximate surface area is 258 Å². The monoisotopic (exact) mass is 589 g/mol. The highest BCUT2D eigenvalue weighted by Gasteiger charge is 2.43. The van der Waals surface area contributed by atoms with Gasteiger partial charge in [-0.2, -0.15) is 0 Å². The van der Waals surface area contributed by atoms with Gasteiger partial charge in [0.1, 0.15) is 11.8 Å². The van der Waals surface area contributed by atoms with Crippen LogP contribution in [0, 0.1) is 11.8 Å². The van der Waals surface area contributed by atoms with Crippen molar-refractivity contribution in [3.63, 3.8) is 0 Å². The van der Waals surface area contributed by atoms with E-state index in [2.05, 4.69) is 52.0 Å². The van der Waals surface area contributed by atoms with Crippen LogP contribution in [0.1, 0.15) is 76.2 Å². The number of piperidine rings is 1. The lowest BCUT2D eigenvalue weighted by molar-refractivity contribution is -0.145. The zero-order valence-electron chi connectivity index (χ0n) is 26.0. The van der Waals surface area contributed by atoms with Gasteiger partial charge in [-0.1, -0.05) is 81.1 Å². The first-order valence-electron chi connectivity index (χ1n) is 16.7. The van der Waals surface area contributed by atoms with Crippen molar-refractivity contribution in [2.45, 2.75) is 82.7 Å². The second kappa shape index (κ2) is 15.7. The quantitative estimate of drug-likeness (QED) is 0.313. The maximum Gasteiger partial charge on any atom is 0.321 e. The van der Waals surface area contributed by atoms with E-state index in [-0.39, 0.29) is 30.5 Å². The molecule has 3 fully saturated rings. The third-order valence-electron chi connectivity index (χ3n) is 10.1. The van der Waals surface area contributed by atoms with Gasteiger partial charge in [-0.05, 0) is 61.6 Å². The van der Waals surface area contributed by atoms with E-state index in [0.29, 0.717) is 11.8 Å². The van der Waals surface area contributed by atoms with Crippen LogP contribution in [-0.4, -0.2) is 89.6 Å². The van der Waals surface area contributed by atoms with E-state index in [1.165, 1.54) is 12.0 Å². The molecule has 1 aliphatic carbocycles. The van der Waals surface area contributed by atoms with Crippen molar-refractivity contribution in [2.75, 3.05) is 45.9 Å². The fraction of sp³-hybridized carbons (Fsp3) is 0.611. The first kappa shape index (κ1) is 31.5. The van der Waals surface area contributed by atoms with Gasteiger partial charge in [0, 0.05) is 51.2 Å². The van der Waals surface area contributed by atoms with Gasteiger partial charge in [0.2, 0.25) is 0 Å². The van der Waals surface area contributed by atoms with E-state index in [4.69, 9.17) is 4.74 Å². The predicted octanol–water partition coefficient (Wildman–Crippen LogP) is 5.91. The second-order valence-corrected chi connectivity index (χ2v) is 13.0. The summed E-state index contributed by atoms with van der Waals surface area (Å²) in [6, 6.07) is 20.2. The topological polar surface area (TPSA) is 73.3 Å². The fourth-order valence-electron chi connectivity index (χ4n) is 7.83. The van der Waals surface area contributed by atoms with Crippen molar-refractivity contribution in [1.82, 2.24) is 14.7 Å². The van der Waals surface area contributed by atoms with Gasteiger partial charge in [0.25, 0.3) is 5.91 Å². The van der Waals surface area contributed by atoms with Crippen LogP contribution < -0.4 is 4.74 Å². The molecule has 0 bridgehead atoms. The SMILES string of the molecule is CCCCN(C(=O)COc1ccccc1)C1CCN(C[C@H]2CN([C@@H](C(=O)O)C3CCCCC3)C[C@@H]2c2ccccc2)CC1. The van der Waals surface area contributed by atoms with Crippen LogP contribution in [0.15, 0.2) is 60.7 Å². The number of amides is 1. The highest BCUT2D eigenvalue weighted by Crippen LogP contribution is 2.38. The molecule has 0 spiro atoms. The number of hydrogen-bond donors (Lipinski definition) is 1. The number of carbonyl (C=O) groups excluding carboxylic acids is 1. The number of carboxylic acids is 1. The molecule has 2 aromatic carbocycles. The minimum atomic E-state index is -0.645. The first-order chi connectivity index (χ1) is 21.0. The molecule has 0 aromatic heterocycles. The van der Waals surface area contributed by atoms with Crippen LogP contribution in [0.4, 0.5) is 0 Å². The molecule has 2 heterocycles. The summed E-state index contributed by atoms with van der Waals surface area (Å²) in [6.07, 6.45) is 9.59. The average molecular weight is 590 g/mol. The summed E-state index contributed by atoms with van der Waals surface area (Å²) < 4.78 is 5.82. The number of ether oxygens (including phenoxy) is 1. The number of nitrogens with zero attached hydrogens (tertiary/aromatic N) is 3. The number of aliphatic carboxylic acids is 1. The van der Waals surface area contributed by atoms with Gasteiger partial charge in [-0.3, -0.25) is 14.5 Å². The van der Waals surface area contributed by atoms with Gasteiger partial charge in [0.05, 0.1) is 0 Å². The fourth-order valence-corrected chi connectivity index (χ4v) is 7.83. The Morgan fingerprint density at radius 3 is 2.26 bits per heavy atom. The lowest BCUT2D eigenvalue weighted by Crippen LogP contribution is -2.50. The molecule has 2 aromatic rings. The van der Waals surface area contributed by atoms with Crippen molar-refractivity contribution in [2.24, 2.45) is 11.8 Å². The molecule has 1 amide bonds. The summed E-state index contributed by atoms with van der Waals surface area (Å²) in [7, 11) is 0. The van der Waals surface area contributed by atoms with Crippen molar-refractivity contribution >= 4 is 11.9 Å². The molecule has 2 aliphatic heterocycles. The van der Waals surface area contributed by atoms with Crippen LogP contribution in [0.25, 0.3) is 0 Å². The van der Waals surface area contributed by atoms with Crippen molar-refractivity contribution in [1.29, 1.82) is 0 Å². The summed E-state index contributed by atoms with van der Waals surface area (Å²) in [4.78, 5) is 32.8. The third kappa shape index (κ3) is 8.39. The van der Waals surface area contributed by atoms with E-state index in [0.717, 1.165) is 96.4 Å². The van der Waals surface area contributed by atoms with Crippen LogP contribution in [0.3, 0.4) is 0 Å². The molecule has 43 heavy (non-hydrogen) atoms. The molecule has 2 saturated heterocycles. The molecule has 7 nitrogen and oxygen atoms in total. The van der Waals surface area contributed by atoms with Crippen LogP contribution in [0.5, 0.6) is 5.75 Å². The molecular formula is C36H51N3O4. The van der Waals surface area contributed by atoms with Crippen molar-refractivity contribution < 1.29 is 19.4 Å². The number of carboxylic acid groups (broad SMARTS) is 1. The largest absolute Gasteiger partial charge is 0.484 e. The number of carbonyl (C=O) groups is 2. The Bertz CT molecular complexity index is 1130. The molecule has 5 rings (SSSR count). The second-order valence-electron chi connectivity index (χ2n) is 13.0. The summed E-state index contributed by atoms with van der Waals surface area (Å²) in [5, 5.41) is 10.3. The first-order valence-corrected chi connectivity index (χ1v) is 16.7. The molecular weight excluding hydrogens is 538 g/mol. The van der Waals surface area contributed by atoms with E-state index in [1.54, 1.807) is 0 Å². The number of hydrogen-bond acceptors (Lipinski definition) is 5. The number of rotatable bonds is 13. The minimum absolute atomic E-state index is 0.0776. The number of benzene rings is 2. The summed E-state index contributed by atoms with van der Waals surface area (Å²) in [5.41, 5.74) is 1.33. The highest BCUT2D eigenvalue weighted by molar-refractivity contribution is 5.78. The molecule has 3 atom stereocenters. The molecule has 3 aliphatic rings. The van der Waals surface area contributed by atoms with Gasteiger partial charge in [-0.15, -0.1) is 0 Å². The molecule has 1 N–H and O–H groups in total. The molecule has 0 unspecified atom stereocenters.